The van der Waals surface area contributed by atoms with E-state index in [9.17, 15) is 19.5 Å². The van der Waals surface area contributed by atoms with Crippen LogP contribution in [0.4, 0.5) is 0 Å². The summed E-state index contributed by atoms with van der Waals surface area (Å²) in [6.45, 7) is 7.47. The zero-order chi connectivity index (χ0) is 15.4. The van der Waals surface area contributed by atoms with Gasteiger partial charge in [-0.2, -0.15) is 0 Å². The van der Waals surface area contributed by atoms with Crippen LogP contribution in [0.15, 0.2) is 0 Å². The first-order chi connectivity index (χ1) is 8.53. The minimum Gasteiger partial charge on any atom is -0.481 e. The van der Waals surface area contributed by atoms with E-state index in [1.807, 2.05) is 0 Å². The van der Waals surface area contributed by atoms with Crippen molar-refractivity contribution in [2.24, 2.45) is 16.7 Å². The number of hydrogen-bond acceptors (Lipinski definition) is 5. The number of methoxy groups -OCH3 is 1. The highest BCUT2D eigenvalue weighted by atomic mass is 16.5. The molecule has 0 heterocycles. The molecule has 0 saturated heterocycles. The van der Waals surface area contributed by atoms with Gasteiger partial charge in [0.2, 0.25) is 0 Å². The molecule has 1 N–H and O–H groups in total. The van der Waals surface area contributed by atoms with Gasteiger partial charge in [-0.15, -0.1) is 0 Å². The number of hydrogen-bond donors (Lipinski definition) is 1. The van der Waals surface area contributed by atoms with Crippen LogP contribution in [0.3, 0.4) is 0 Å². The highest BCUT2D eigenvalue weighted by Crippen LogP contribution is 2.42. The summed E-state index contributed by atoms with van der Waals surface area (Å²) in [5, 5.41) is 9.29. The molecule has 0 saturated carbocycles. The Bertz CT molecular complexity index is 369. The van der Waals surface area contributed by atoms with E-state index in [0.717, 1.165) is 0 Å². The van der Waals surface area contributed by atoms with E-state index in [-0.39, 0.29) is 6.61 Å². The lowest BCUT2D eigenvalue weighted by molar-refractivity contribution is -0.178. The summed E-state index contributed by atoms with van der Waals surface area (Å²) in [5.74, 6) is -3.70. The van der Waals surface area contributed by atoms with E-state index < -0.39 is 34.7 Å². The molecule has 0 amide bonds. The number of esters is 2. The summed E-state index contributed by atoms with van der Waals surface area (Å²) in [6.07, 6.45) is 0. The molecule has 0 fully saturated rings. The molecule has 0 rings (SSSR count). The summed E-state index contributed by atoms with van der Waals surface area (Å²) in [7, 11) is 1.19. The van der Waals surface area contributed by atoms with Gasteiger partial charge in [0.15, 0.2) is 0 Å². The predicted molar refractivity (Wildman–Crippen MR) is 67.3 cm³/mol. The Morgan fingerprint density at radius 2 is 1.58 bits per heavy atom. The topological polar surface area (TPSA) is 89.9 Å². The Balaban J connectivity index is 5.72. The molecule has 0 radical (unpaired) electrons. The highest BCUT2D eigenvalue weighted by molar-refractivity contribution is 5.90. The molecule has 0 bridgehead atoms. The molecule has 19 heavy (non-hydrogen) atoms. The van der Waals surface area contributed by atoms with Gasteiger partial charge in [-0.1, -0.05) is 0 Å². The molecular weight excluding hydrogens is 252 g/mol. The number of ether oxygens (including phenoxy) is 2. The molecule has 1 unspecified atom stereocenters. The maximum atomic E-state index is 12.1. The van der Waals surface area contributed by atoms with Crippen LogP contribution in [-0.4, -0.2) is 36.7 Å². The first kappa shape index (κ1) is 17.4. The summed E-state index contributed by atoms with van der Waals surface area (Å²) in [4.78, 5) is 35.3. The van der Waals surface area contributed by atoms with Gasteiger partial charge in [0.05, 0.1) is 30.5 Å². The minimum atomic E-state index is -1.45. The van der Waals surface area contributed by atoms with Crippen molar-refractivity contribution in [3.63, 3.8) is 0 Å². The zero-order valence-corrected chi connectivity index (χ0v) is 12.3. The molecule has 0 aliphatic rings. The minimum absolute atomic E-state index is 0.113. The van der Waals surface area contributed by atoms with Crippen LogP contribution in [0.2, 0.25) is 0 Å². The summed E-state index contributed by atoms with van der Waals surface area (Å²) < 4.78 is 9.57. The van der Waals surface area contributed by atoms with E-state index >= 15 is 0 Å². The number of carbonyl (C=O) groups is 3. The summed E-state index contributed by atoms with van der Waals surface area (Å²) >= 11 is 0. The van der Waals surface area contributed by atoms with Crippen molar-refractivity contribution in [2.45, 2.75) is 34.6 Å². The second kappa shape index (κ2) is 6.04. The van der Waals surface area contributed by atoms with Crippen molar-refractivity contribution < 1.29 is 29.0 Å². The second-order valence-corrected chi connectivity index (χ2v) is 5.43. The van der Waals surface area contributed by atoms with Crippen molar-refractivity contribution >= 4 is 17.9 Å². The van der Waals surface area contributed by atoms with E-state index in [1.165, 1.54) is 34.8 Å². The Hall–Kier alpha value is -1.59. The Morgan fingerprint density at radius 3 is 1.89 bits per heavy atom. The van der Waals surface area contributed by atoms with Gasteiger partial charge < -0.3 is 14.6 Å². The van der Waals surface area contributed by atoms with Gasteiger partial charge in [0.1, 0.15) is 0 Å². The molecule has 0 spiro atoms. The summed E-state index contributed by atoms with van der Waals surface area (Å²) in [6, 6.07) is 0. The third kappa shape index (κ3) is 3.45. The largest absolute Gasteiger partial charge is 0.481 e. The number of carbonyl (C=O) groups excluding carboxylic acids is 2. The lowest BCUT2D eigenvalue weighted by Gasteiger charge is -2.38. The molecule has 0 aromatic heterocycles. The second-order valence-electron chi connectivity index (χ2n) is 5.43. The Kier molecular flexibility index (Phi) is 5.53. The van der Waals surface area contributed by atoms with Gasteiger partial charge in [-0.3, -0.25) is 14.4 Å². The van der Waals surface area contributed by atoms with Gasteiger partial charge in [0.25, 0.3) is 0 Å². The average Bonchev–Trinajstić information content (AvgIpc) is 2.27. The molecule has 0 aromatic carbocycles. The molecule has 110 valence electrons. The molecule has 1 atom stereocenters. The molecule has 6 heteroatoms. The standard InChI is InChI=1S/C13H22O6/c1-7-19-9(14)8(12(2,3)10(15)16)13(4,5)11(17)18-6/h8H,7H2,1-6H3,(H,15,16). The van der Waals surface area contributed by atoms with Crippen LogP contribution in [0.5, 0.6) is 0 Å². The SMILES string of the molecule is CCOC(=O)C(C(C)(C)C(=O)O)C(C)(C)C(=O)OC. The van der Waals surface area contributed by atoms with Gasteiger partial charge in [-0.25, -0.2) is 0 Å². The maximum Gasteiger partial charge on any atom is 0.312 e. The Morgan fingerprint density at radius 1 is 1.11 bits per heavy atom. The van der Waals surface area contributed by atoms with Crippen LogP contribution in [0.25, 0.3) is 0 Å². The number of aliphatic carboxylic acids is 1. The van der Waals surface area contributed by atoms with Crippen LogP contribution >= 0.6 is 0 Å². The lowest BCUT2D eigenvalue weighted by atomic mass is 9.64. The summed E-state index contributed by atoms with van der Waals surface area (Å²) in [5.41, 5.74) is -2.76. The quantitative estimate of drug-likeness (QED) is 0.738. The van der Waals surface area contributed by atoms with Gasteiger partial charge in [-0.05, 0) is 34.6 Å². The third-order valence-electron chi connectivity index (χ3n) is 3.23. The Labute approximate surface area is 113 Å². The van der Waals surface area contributed by atoms with Crippen molar-refractivity contribution in [1.29, 1.82) is 0 Å². The van der Waals surface area contributed by atoms with Crippen LogP contribution in [0, 0.1) is 16.7 Å². The van der Waals surface area contributed by atoms with E-state index in [1.54, 1.807) is 6.92 Å². The van der Waals surface area contributed by atoms with Crippen molar-refractivity contribution in [2.75, 3.05) is 13.7 Å². The van der Waals surface area contributed by atoms with Gasteiger partial charge in [0, 0.05) is 0 Å². The zero-order valence-electron chi connectivity index (χ0n) is 12.3. The number of carboxylic acids is 1. The van der Waals surface area contributed by atoms with Crippen LogP contribution in [-0.2, 0) is 23.9 Å². The fourth-order valence-electron chi connectivity index (χ4n) is 2.22. The first-order valence-corrected chi connectivity index (χ1v) is 6.01. The predicted octanol–water partition coefficient (Wildman–Crippen LogP) is 1.48. The molecule has 6 nitrogen and oxygen atoms in total. The van der Waals surface area contributed by atoms with Gasteiger partial charge >= 0.3 is 17.9 Å². The smallest absolute Gasteiger partial charge is 0.312 e. The lowest BCUT2D eigenvalue weighted by Crippen LogP contribution is -2.50. The van der Waals surface area contributed by atoms with Crippen molar-refractivity contribution in [1.82, 2.24) is 0 Å². The van der Waals surface area contributed by atoms with Crippen LogP contribution < -0.4 is 0 Å². The maximum absolute atomic E-state index is 12.1. The molecular formula is C13H22O6. The average molecular weight is 274 g/mol. The monoisotopic (exact) mass is 274 g/mol. The highest BCUT2D eigenvalue weighted by Gasteiger charge is 2.54. The fourth-order valence-corrected chi connectivity index (χ4v) is 2.22. The normalized spacial score (nSPS) is 13.6. The van der Waals surface area contributed by atoms with E-state index in [4.69, 9.17) is 4.74 Å². The van der Waals surface area contributed by atoms with E-state index in [2.05, 4.69) is 4.74 Å². The van der Waals surface area contributed by atoms with Crippen molar-refractivity contribution in [3.05, 3.63) is 0 Å². The fraction of sp³-hybridized carbons (Fsp3) is 0.769. The number of rotatable bonds is 6. The molecule has 0 aromatic rings. The van der Waals surface area contributed by atoms with E-state index in [0.29, 0.717) is 0 Å². The third-order valence-corrected chi connectivity index (χ3v) is 3.23. The first-order valence-electron chi connectivity index (χ1n) is 6.01. The number of carboxylic acid groups (broad SMARTS) is 1. The molecule has 0 aliphatic carbocycles. The van der Waals surface area contributed by atoms with Crippen molar-refractivity contribution in [3.8, 4) is 0 Å². The molecule has 0 aliphatic heterocycles. The van der Waals surface area contributed by atoms with Crippen LogP contribution in [0.1, 0.15) is 34.6 Å².